The molecule has 13 heavy (non-hydrogen) atoms. The van der Waals surface area contributed by atoms with Crippen molar-refractivity contribution in [1.29, 1.82) is 0 Å². The highest BCUT2D eigenvalue weighted by Gasteiger charge is 2.16. The van der Waals surface area contributed by atoms with Crippen LogP contribution >= 0.6 is 0 Å². The molecule has 0 aromatic rings. The minimum atomic E-state index is -1.16. The summed E-state index contributed by atoms with van der Waals surface area (Å²) in [4.78, 5) is 31.1. The maximum absolute atomic E-state index is 10.9. The third kappa shape index (κ3) is 5.66. The van der Waals surface area contributed by atoms with E-state index in [0.29, 0.717) is 0 Å². The largest absolute Gasteiger partial charge is 0.481 e. The Morgan fingerprint density at radius 3 is 2.15 bits per heavy atom. The van der Waals surface area contributed by atoms with Gasteiger partial charge < -0.3 is 15.5 Å². The number of nitrogens with one attached hydrogen (secondary N) is 1. The fourth-order valence-corrected chi connectivity index (χ4v) is 0.692. The fraction of sp³-hybridized carbons (Fsp3) is 0.571. The van der Waals surface area contributed by atoms with Crippen molar-refractivity contribution in [2.75, 3.05) is 6.54 Å². The molecule has 0 saturated heterocycles. The molecule has 0 aliphatic carbocycles. The summed E-state index contributed by atoms with van der Waals surface area (Å²) in [6.45, 7) is 0.939. The molecule has 3 N–H and O–H groups in total. The Morgan fingerprint density at radius 2 is 1.77 bits per heavy atom. The molecule has 74 valence electrons. The average Bonchev–Trinajstić information content (AvgIpc) is 1.98. The molecule has 0 fully saturated rings. The zero-order valence-electron chi connectivity index (χ0n) is 7.11. The van der Waals surface area contributed by atoms with Crippen molar-refractivity contribution in [3.8, 4) is 0 Å². The van der Waals surface area contributed by atoms with E-state index in [4.69, 9.17) is 10.2 Å². The van der Waals surface area contributed by atoms with Gasteiger partial charge in [0.25, 0.3) is 0 Å². The summed E-state index contributed by atoms with van der Waals surface area (Å²) in [6.07, 6.45) is -0.300. The molecule has 0 radical (unpaired) electrons. The molecule has 0 aliphatic heterocycles. The number of hydrogen-bond donors (Lipinski definition) is 3. The van der Waals surface area contributed by atoms with Gasteiger partial charge >= 0.3 is 11.9 Å². The SMILES string of the molecule is CC(CC(=O)O)C(=O)NCC(=O)O. The Bertz CT molecular complexity index is 225. The third-order valence-electron chi connectivity index (χ3n) is 1.34. The van der Waals surface area contributed by atoms with Crippen molar-refractivity contribution in [3.63, 3.8) is 0 Å². The third-order valence-corrected chi connectivity index (χ3v) is 1.34. The molecule has 0 heterocycles. The number of carboxylic acids is 2. The van der Waals surface area contributed by atoms with E-state index in [1.807, 2.05) is 0 Å². The Hall–Kier alpha value is -1.59. The molecule has 0 spiro atoms. The maximum atomic E-state index is 10.9. The predicted octanol–water partition coefficient (Wildman–Crippen LogP) is -0.702. The molecule has 0 aromatic carbocycles. The van der Waals surface area contributed by atoms with E-state index in [9.17, 15) is 14.4 Å². The maximum Gasteiger partial charge on any atom is 0.322 e. The van der Waals surface area contributed by atoms with Gasteiger partial charge in [-0.25, -0.2) is 0 Å². The molecule has 0 rings (SSSR count). The molecule has 1 atom stereocenters. The van der Waals surface area contributed by atoms with Gasteiger partial charge in [-0.05, 0) is 0 Å². The van der Waals surface area contributed by atoms with Gasteiger partial charge in [0.15, 0.2) is 0 Å². The van der Waals surface area contributed by atoms with Gasteiger partial charge in [-0.2, -0.15) is 0 Å². The summed E-state index contributed by atoms with van der Waals surface area (Å²) >= 11 is 0. The summed E-state index contributed by atoms with van der Waals surface area (Å²) in [5, 5.41) is 18.6. The molecule has 1 unspecified atom stereocenters. The van der Waals surface area contributed by atoms with Gasteiger partial charge in [-0.15, -0.1) is 0 Å². The number of rotatable bonds is 5. The van der Waals surface area contributed by atoms with Crippen molar-refractivity contribution in [1.82, 2.24) is 5.32 Å². The first-order chi connectivity index (χ1) is 5.93. The highest BCUT2D eigenvalue weighted by atomic mass is 16.4. The smallest absolute Gasteiger partial charge is 0.322 e. The Kier molecular flexibility index (Phi) is 4.50. The van der Waals surface area contributed by atoms with E-state index in [-0.39, 0.29) is 6.42 Å². The van der Waals surface area contributed by atoms with Crippen LogP contribution in [0.5, 0.6) is 0 Å². The lowest BCUT2D eigenvalue weighted by molar-refractivity contribution is -0.141. The highest BCUT2D eigenvalue weighted by molar-refractivity contribution is 5.85. The van der Waals surface area contributed by atoms with Crippen LogP contribution in [0.2, 0.25) is 0 Å². The first-order valence-electron chi connectivity index (χ1n) is 3.64. The average molecular weight is 189 g/mol. The van der Waals surface area contributed by atoms with Crippen LogP contribution in [0.1, 0.15) is 13.3 Å². The lowest BCUT2D eigenvalue weighted by Gasteiger charge is -2.07. The predicted molar refractivity (Wildman–Crippen MR) is 42.1 cm³/mol. The van der Waals surface area contributed by atoms with Gasteiger partial charge in [0, 0.05) is 5.92 Å². The van der Waals surface area contributed by atoms with Crippen LogP contribution in [-0.2, 0) is 14.4 Å². The number of amides is 1. The van der Waals surface area contributed by atoms with Crippen molar-refractivity contribution < 1.29 is 24.6 Å². The van der Waals surface area contributed by atoms with Crippen molar-refractivity contribution >= 4 is 17.8 Å². The highest BCUT2D eigenvalue weighted by Crippen LogP contribution is 2.00. The van der Waals surface area contributed by atoms with Gasteiger partial charge in [0.05, 0.1) is 6.42 Å². The summed E-state index contributed by atoms with van der Waals surface area (Å²) in [5.41, 5.74) is 0. The lowest BCUT2D eigenvalue weighted by Crippen LogP contribution is -2.34. The minimum Gasteiger partial charge on any atom is -0.481 e. The van der Waals surface area contributed by atoms with Crippen LogP contribution in [0.25, 0.3) is 0 Å². The van der Waals surface area contributed by atoms with Crippen LogP contribution < -0.4 is 5.32 Å². The quantitative estimate of drug-likeness (QED) is 0.530. The second-order valence-electron chi connectivity index (χ2n) is 2.61. The summed E-state index contributed by atoms with van der Waals surface area (Å²) < 4.78 is 0. The molecule has 6 heteroatoms. The molecule has 0 aromatic heterocycles. The van der Waals surface area contributed by atoms with Crippen LogP contribution in [0.3, 0.4) is 0 Å². The topological polar surface area (TPSA) is 104 Å². The Balaban J connectivity index is 3.82. The van der Waals surface area contributed by atoms with E-state index < -0.39 is 30.3 Å². The number of hydrogen-bond acceptors (Lipinski definition) is 3. The normalized spacial score (nSPS) is 11.8. The van der Waals surface area contributed by atoms with Crippen molar-refractivity contribution in [2.24, 2.45) is 5.92 Å². The van der Waals surface area contributed by atoms with Gasteiger partial charge in [-0.3, -0.25) is 14.4 Å². The fourth-order valence-electron chi connectivity index (χ4n) is 0.692. The number of carbonyl (C=O) groups is 3. The molecule has 0 bridgehead atoms. The first kappa shape index (κ1) is 11.4. The second-order valence-corrected chi connectivity index (χ2v) is 2.61. The van der Waals surface area contributed by atoms with Crippen LogP contribution in [0.4, 0.5) is 0 Å². The molecule has 0 aliphatic rings. The Labute approximate surface area is 74.6 Å². The van der Waals surface area contributed by atoms with Crippen LogP contribution in [0, 0.1) is 5.92 Å². The Morgan fingerprint density at radius 1 is 1.23 bits per heavy atom. The molecule has 0 saturated carbocycles. The summed E-state index contributed by atoms with van der Waals surface area (Å²) in [5.74, 6) is -3.52. The van der Waals surface area contributed by atoms with Gasteiger partial charge in [-0.1, -0.05) is 6.92 Å². The first-order valence-corrected chi connectivity index (χ1v) is 3.64. The molecule has 1 amide bonds. The summed E-state index contributed by atoms with van der Waals surface area (Å²) in [7, 11) is 0. The van der Waals surface area contributed by atoms with Crippen LogP contribution in [0.15, 0.2) is 0 Å². The number of carbonyl (C=O) groups excluding carboxylic acids is 1. The van der Waals surface area contributed by atoms with Gasteiger partial charge in [0.1, 0.15) is 6.54 Å². The van der Waals surface area contributed by atoms with Crippen molar-refractivity contribution in [2.45, 2.75) is 13.3 Å². The minimum absolute atomic E-state index is 0.300. The number of aliphatic carboxylic acids is 2. The van der Waals surface area contributed by atoms with E-state index in [1.165, 1.54) is 6.92 Å². The van der Waals surface area contributed by atoms with E-state index in [0.717, 1.165) is 0 Å². The zero-order valence-corrected chi connectivity index (χ0v) is 7.11. The molecular formula is C7H11NO5. The van der Waals surface area contributed by atoms with E-state index in [2.05, 4.69) is 5.32 Å². The van der Waals surface area contributed by atoms with Gasteiger partial charge in [0.2, 0.25) is 5.91 Å². The monoisotopic (exact) mass is 189 g/mol. The van der Waals surface area contributed by atoms with E-state index >= 15 is 0 Å². The molecular weight excluding hydrogens is 178 g/mol. The van der Waals surface area contributed by atoms with E-state index in [1.54, 1.807) is 0 Å². The lowest BCUT2D eigenvalue weighted by atomic mass is 10.1. The zero-order chi connectivity index (χ0) is 10.4. The van der Waals surface area contributed by atoms with Crippen LogP contribution in [-0.4, -0.2) is 34.6 Å². The van der Waals surface area contributed by atoms with Crippen molar-refractivity contribution in [3.05, 3.63) is 0 Å². The number of carboxylic acid groups (broad SMARTS) is 2. The second kappa shape index (κ2) is 5.13. The summed E-state index contributed by atoms with van der Waals surface area (Å²) in [6, 6.07) is 0. The molecule has 6 nitrogen and oxygen atoms in total. The standard InChI is InChI=1S/C7H11NO5/c1-4(2-5(9)10)7(13)8-3-6(11)12/h4H,2-3H2,1H3,(H,8,13)(H,9,10)(H,11,12).